The molecule has 0 amide bonds. The van der Waals surface area contributed by atoms with Crippen LogP contribution in [0, 0.1) is 11.3 Å². The fraction of sp³-hybridized carbons (Fsp3) is 0.318. The number of rotatable bonds is 11. The number of carboxylic acid groups (broad SMARTS) is 1. The fourth-order valence-corrected chi connectivity index (χ4v) is 3.22. The normalized spacial score (nSPS) is 11.8. The Morgan fingerprint density at radius 1 is 1.31 bits per heavy atom. The van der Waals surface area contributed by atoms with Gasteiger partial charge in [0.2, 0.25) is 0 Å². The summed E-state index contributed by atoms with van der Waals surface area (Å²) in [5.74, 6) is 4.31. The second kappa shape index (κ2) is 11.5. The lowest BCUT2D eigenvalue weighted by Crippen LogP contribution is -2.41. The highest BCUT2D eigenvalue weighted by Gasteiger charge is 2.24. The molecule has 1 atom stereocenters. The molecule has 0 aliphatic rings. The van der Waals surface area contributed by atoms with Crippen molar-refractivity contribution in [3.63, 3.8) is 0 Å². The number of hydrazine groups is 1. The van der Waals surface area contributed by atoms with Crippen LogP contribution < -0.4 is 16.2 Å². The number of hydrogen-bond donors (Lipinski definition) is 3. The van der Waals surface area contributed by atoms with Crippen LogP contribution in [0.15, 0.2) is 53.5 Å². The van der Waals surface area contributed by atoms with E-state index in [1.165, 1.54) is 11.9 Å². The summed E-state index contributed by atoms with van der Waals surface area (Å²) in [7, 11) is 0. The van der Waals surface area contributed by atoms with Crippen molar-refractivity contribution in [2.75, 3.05) is 11.4 Å². The topological polar surface area (TPSA) is 115 Å². The number of benzene rings is 2. The number of nitrogens with two attached hydrogens (primary N) is 1. The first kappa shape index (κ1) is 21.9. The molecular weight excluding hydrogens is 366 g/mol. The van der Waals surface area contributed by atoms with Crippen LogP contribution in [0.4, 0.5) is 11.4 Å². The number of nitrogens with zero attached hydrogens (tertiary/aromatic N) is 3. The van der Waals surface area contributed by atoms with Gasteiger partial charge in [0.05, 0.1) is 17.3 Å². The van der Waals surface area contributed by atoms with Crippen molar-refractivity contribution in [2.24, 2.45) is 10.8 Å². The van der Waals surface area contributed by atoms with Gasteiger partial charge in [-0.2, -0.15) is 5.26 Å². The Labute approximate surface area is 171 Å². The number of unbranched alkanes of at least 4 members (excludes halogenated alkanes) is 1. The Balaban J connectivity index is 1.99. The number of carbonyl (C=O) groups is 1. The zero-order valence-electron chi connectivity index (χ0n) is 16.6. The molecule has 2 rings (SSSR count). The van der Waals surface area contributed by atoms with E-state index in [1.807, 2.05) is 42.2 Å². The quantitative estimate of drug-likeness (QED) is 0.177. The van der Waals surface area contributed by atoms with Crippen molar-refractivity contribution >= 4 is 23.7 Å². The second-order valence-electron chi connectivity index (χ2n) is 6.67. The molecular formula is C22H27N5O2. The first-order chi connectivity index (χ1) is 14.1. The summed E-state index contributed by atoms with van der Waals surface area (Å²) >= 11 is 0. The van der Waals surface area contributed by atoms with E-state index in [2.05, 4.69) is 16.5 Å². The molecule has 2 aromatic rings. The van der Waals surface area contributed by atoms with Crippen molar-refractivity contribution < 1.29 is 9.90 Å². The highest BCUT2D eigenvalue weighted by molar-refractivity contribution is 5.78. The van der Waals surface area contributed by atoms with E-state index in [0.29, 0.717) is 18.5 Å². The maximum atomic E-state index is 11.7. The number of aryl methyl sites for hydroxylation is 1. The van der Waals surface area contributed by atoms with E-state index in [4.69, 9.17) is 11.1 Å². The van der Waals surface area contributed by atoms with Crippen LogP contribution in [0.3, 0.4) is 0 Å². The Hall–Kier alpha value is -3.37. The molecule has 0 fully saturated rings. The summed E-state index contributed by atoms with van der Waals surface area (Å²) in [6.07, 6.45) is 4.59. The third kappa shape index (κ3) is 6.63. The predicted molar refractivity (Wildman–Crippen MR) is 115 cm³/mol. The van der Waals surface area contributed by atoms with Gasteiger partial charge >= 0.3 is 5.97 Å². The largest absolute Gasteiger partial charge is 0.480 e. The highest BCUT2D eigenvalue weighted by Crippen LogP contribution is 2.22. The van der Waals surface area contributed by atoms with Crippen LogP contribution in [0.2, 0.25) is 0 Å². The third-order valence-electron chi connectivity index (χ3n) is 4.69. The van der Waals surface area contributed by atoms with Crippen LogP contribution in [-0.4, -0.2) is 30.0 Å². The number of carboxylic acids is 1. The number of anilines is 1. The molecule has 1 unspecified atom stereocenters. The number of hydrogen-bond acceptors (Lipinski definition) is 5. The third-order valence-corrected chi connectivity index (χ3v) is 4.69. The number of aliphatic carboxylic acids is 1. The Morgan fingerprint density at radius 2 is 2.07 bits per heavy atom. The maximum Gasteiger partial charge on any atom is 0.326 e. The molecule has 7 heteroatoms. The first-order valence-corrected chi connectivity index (χ1v) is 9.66. The van der Waals surface area contributed by atoms with Crippen molar-refractivity contribution in [3.8, 4) is 6.07 Å². The lowest BCUT2D eigenvalue weighted by molar-refractivity contribution is -0.138. The summed E-state index contributed by atoms with van der Waals surface area (Å²) in [6.45, 7) is 2.48. The van der Waals surface area contributed by atoms with Gasteiger partial charge in [-0.05, 0) is 61.6 Å². The lowest BCUT2D eigenvalue weighted by Gasteiger charge is -2.30. The molecule has 0 saturated carbocycles. The summed E-state index contributed by atoms with van der Waals surface area (Å²) < 4.78 is 0. The molecule has 7 nitrogen and oxygen atoms in total. The molecule has 0 saturated heterocycles. The van der Waals surface area contributed by atoms with Crippen molar-refractivity contribution in [2.45, 2.75) is 38.6 Å². The minimum absolute atomic E-state index is 0.492. The van der Waals surface area contributed by atoms with Crippen LogP contribution in [0.25, 0.3) is 0 Å². The monoisotopic (exact) mass is 393 g/mol. The van der Waals surface area contributed by atoms with Gasteiger partial charge in [0.15, 0.2) is 0 Å². The molecule has 29 heavy (non-hydrogen) atoms. The molecule has 0 aromatic heterocycles. The predicted octanol–water partition coefficient (Wildman–Crippen LogP) is 3.37. The van der Waals surface area contributed by atoms with Gasteiger partial charge < -0.3 is 15.4 Å². The summed E-state index contributed by atoms with van der Waals surface area (Å²) in [5.41, 5.74) is 5.69. The average Bonchev–Trinajstić information content (AvgIpc) is 2.75. The summed E-state index contributed by atoms with van der Waals surface area (Å²) in [6, 6.07) is 16.6. The number of nitrogens with one attached hydrogen (secondary N) is 1. The molecule has 0 aliphatic heterocycles. The second-order valence-corrected chi connectivity index (χ2v) is 6.67. The van der Waals surface area contributed by atoms with E-state index in [0.717, 1.165) is 30.6 Å². The number of nitriles is 1. The SMILES string of the molecule is CCC(C(=O)O)N(CCCCc1ccc(N=CNN)cc1)c1cccc(C#N)c1. The van der Waals surface area contributed by atoms with Gasteiger partial charge in [-0.15, -0.1) is 0 Å². The average molecular weight is 393 g/mol. The molecule has 0 bridgehead atoms. The zero-order chi connectivity index (χ0) is 21.1. The molecule has 0 spiro atoms. The fourth-order valence-electron chi connectivity index (χ4n) is 3.22. The Morgan fingerprint density at radius 3 is 2.69 bits per heavy atom. The highest BCUT2D eigenvalue weighted by atomic mass is 16.4. The minimum Gasteiger partial charge on any atom is -0.480 e. The smallest absolute Gasteiger partial charge is 0.326 e. The van der Waals surface area contributed by atoms with Gasteiger partial charge in [0.25, 0.3) is 0 Å². The molecule has 2 aromatic carbocycles. The van der Waals surface area contributed by atoms with Crippen LogP contribution in [-0.2, 0) is 11.2 Å². The molecule has 152 valence electrons. The van der Waals surface area contributed by atoms with E-state index in [9.17, 15) is 9.90 Å². The lowest BCUT2D eigenvalue weighted by atomic mass is 10.1. The van der Waals surface area contributed by atoms with Gasteiger partial charge in [-0.25, -0.2) is 15.6 Å². The van der Waals surface area contributed by atoms with E-state index in [-0.39, 0.29) is 0 Å². The van der Waals surface area contributed by atoms with Crippen LogP contribution in [0.1, 0.15) is 37.3 Å². The van der Waals surface area contributed by atoms with Gasteiger partial charge in [0, 0.05) is 12.2 Å². The van der Waals surface area contributed by atoms with E-state index >= 15 is 0 Å². The van der Waals surface area contributed by atoms with Gasteiger partial charge in [-0.3, -0.25) is 0 Å². The van der Waals surface area contributed by atoms with Crippen LogP contribution >= 0.6 is 0 Å². The zero-order valence-corrected chi connectivity index (χ0v) is 16.6. The summed E-state index contributed by atoms with van der Waals surface area (Å²) in [5, 5.41) is 18.8. The van der Waals surface area contributed by atoms with Gasteiger partial charge in [-0.1, -0.05) is 25.1 Å². The van der Waals surface area contributed by atoms with E-state index < -0.39 is 12.0 Å². The maximum absolute atomic E-state index is 11.7. The minimum atomic E-state index is -0.849. The van der Waals surface area contributed by atoms with Crippen molar-refractivity contribution in [3.05, 3.63) is 59.7 Å². The molecule has 0 aliphatic carbocycles. The molecule has 0 heterocycles. The van der Waals surface area contributed by atoms with Crippen molar-refractivity contribution in [1.29, 1.82) is 5.26 Å². The Kier molecular flexibility index (Phi) is 8.67. The molecule has 4 N–H and O–H groups in total. The summed E-state index contributed by atoms with van der Waals surface area (Å²) in [4.78, 5) is 17.8. The number of aliphatic imine (C=N–C) groups is 1. The Bertz CT molecular complexity index is 858. The first-order valence-electron chi connectivity index (χ1n) is 9.66. The molecule has 0 radical (unpaired) electrons. The standard InChI is InChI=1S/C22H27N5O2/c1-2-21(22(28)29)27(20-8-5-7-18(14-20)15-23)13-4-3-6-17-9-11-19(12-10-17)25-16-26-24/h5,7-12,14,16,21H,2-4,6,13,24H2,1H3,(H,25,26)(H,28,29). The van der Waals surface area contributed by atoms with Crippen LogP contribution in [0.5, 0.6) is 0 Å². The van der Waals surface area contributed by atoms with Crippen molar-refractivity contribution in [1.82, 2.24) is 5.43 Å². The van der Waals surface area contributed by atoms with Gasteiger partial charge in [0.1, 0.15) is 12.4 Å². The van der Waals surface area contributed by atoms with E-state index in [1.54, 1.807) is 18.2 Å².